The molecular formula is C10H15BrN2. The summed E-state index contributed by atoms with van der Waals surface area (Å²) in [6.45, 7) is 6.63. The third-order valence-corrected chi connectivity index (χ3v) is 3.64. The summed E-state index contributed by atoms with van der Waals surface area (Å²) in [6, 6.07) is 0. The van der Waals surface area contributed by atoms with Crippen LogP contribution in [-0.2, 0) is 6.42 Å². The van der Waals surface area contributed by atoms with Gasteiger partial charge in [0.15, 0.2) is 0 Å². The first-order chi connectivity index (χ1) is 6.00. The van der Waals surface area contributed by atoms with Crippen LogP contribution in [0.25, 0.3) is 0 Å². The summed E-state index contributed by atoms with van der Waals surface area (Å²) in [5.74, 6) is 0. The smallest absolute Gasteiger partial charge is 0.0598 e. The van der Waals surface area contributed by atoms with Crippen molar-refractivity contribution in [2.24, 2.45) is 5.41 Å². The van der Waals surface area contributed by atoms with Gasteiger partial charge in [0, 0.05) is 29.8 Å². The van der Waals surface area contributed by atoms with Gasteiger partial charge in [-0.2, -0.15) is 0 Å². The zero-order valence-electron chi connectivity index (χ0n) is 8.29. The standard InChI is InChI=1S/C10H15BrN2/c1-10(2,3)9(11)6-8-7-12-4-5-13-8/h4-5,7,9H,6H2,1-3H3. The number of aromatic nitrogens is 2. The molecule has 0 aliphatic rings. The van der Waals surface area contributed by atoms with E-state index in [1.54, 1.807) is 12.4 Å². The third-order valence-electron chi connectivity index (χ3n) is 1.94. The minimum Gasteiger partial charge on any atom is -0.261 e. The maximum absolute atomic E-state index is 4.24. The van der Waals surface area contributed by atoms with E-state index in [-0.39, 0.29) is 5.41 Å². The highest BCUT2D eigenvalue weighted by Gasteiger charge is 2.22. The number of halogens is 1. The molecule has 0 saturated heterocycles. The van der Waals surface area contributed by atoms with Gasteiger partial charge in [-0.15, -0.1) is 0 Å². The first-order valence-electron chi connectivity index (χ1n) is 4.39. The van der Waals surface area contributed by atoms with Crippen molar-refractivity contribution in [2.75, 3.05) is 0 Å². The molecule has 0 aromatic carbocycles. The Bertz CT molecular complexity index is 253. The molecule has 2 nitrogen and oxygen atoms in total. The molecule has 0 saturated carbocycles. The van der Waals surface area contributed by atoms with Gasteiger partial charge in [-0.1, -0.05) is 36.7 Å². The van der Waals surface area contributed by atoms with E-state index in [1.807, 2.05) is 6.20 Å². The zero-order chi connectivity index (χ0) is 9.90. The van der Waals surface area contributed by atoms with Crippen molar-refractivity contribution in [1.82, 2.24) is 9.97 Å². The first kappa shape index (κ1) is 10.6. The minimum absolute atomic E-state index is 0.261. The second-order valence-corrected chi connectivity index (χ2v) is 5.34. The van der Waals surface area contributed by atoms with Gasteiger partial charge >= 0.3 is 0 Å². The molecule has 72 valence electrons. The Kier molecular flexibility index (Phi) is 3.42. The van der Waals surface area contributed by atoms with Crippen LogP contribution in [0.3, 0.4) is 0 Å². The monoisotopic (exact) mass is 242 g/mol. The highest BCUT2D eigenvalue weighted by Crippen LogP contribution is 2.28. The molecule has 0 radical (unpaired) electrons. The molecule has 1 aromatic heterocycles. The Balaban J connectivity index is 2.61. The number of hydrogen-bond donors (Lipinski definition) is 0. The van der Waals surface area contributed by atoms with Crippen molar-refractivity contribution in [2.45, 2.75) is 32.0 Å². The van der Waals surface area contributed by atoms with E-state index >= 15 is 0 Å². The largest absolute Gasteiger partial charge is 0.261 e. The van der Waals surface area contributed by atoms with Crippen LogP contribution in [0.1, 0.15) is 26.5 Å². The Hall–Kier alpha value is -0.440. The first-order valence-corrected chi connectivity index (χ1v) is 5.30. The van der Waals surface area contributed by atoms with Gasteiger partial charge in [0.05, 0.1) is 5.69 Å². The third kappa shape index (κ3) is 3.43. The Labute approximate surface area is 87.9 Å². The van der Waals surface area contributed by atoms with Crippen LogP contribution in [0.4, 0.5) is 0 Å². The second-order valence-electron chi connectivity index (χ2n) is 4.23. The fourth-order valence-electron chi connectivity index (χ4n) is 0.925. The Morgan fingerprint density at radius 1 is 1.38 bits per heavy atom. The molecule has 0 N–H and O–H groups in total. The lowest BCUT2D eigenvalue weighted by molar-refractivity contribution is 0.396. The maximum Gasteiger partial charge on any atom is 0.0598 e. The van der Waals surface area contributed by atoms with Crippen LogP contribution in [-0.4, -0.2) is 14.8 Å². The Morgan fingerprint density at radius 2 is 2.08 bits per heavy atom. The highest BCUT2D eigenvalue weighted by molar-refractivity contribution is 9.09. The molecule has 1 unspecified atom stereocenters. The molecule has 0 bridgehead atoms. The molecule has 1 atom stereocenters. The van der Waals surface area contributed by atoms with Crippen molar-refractivity contribution in [3.8, 4) is 0 Å². The fourth-order valence-corrected chi connectivity index (χ4v) is 1.26. The van der Waals surface area contributed by atoms with Crippen LogP contribution in [0.15, 0.2) is 18.6 Å². The zero-order valence-corrected chi connectivity index (χ0v) is 9.87. The van der Waals surface area contributed by atoms with Crippen LogP contribution >= 0.6 is 15.9 Å². The van der Waals surface area contributed by atoms with Crippen molar-refractivity contribution >= 4 is 15.9 Å². The van der Waals surface area contributed by atoms with E-state index in [1.165, 1.54) is 0 Å². The van der Waals surface area contributed by atoms with E-state index in [2.05, 4.69) is 46.7 Å². The quantitative estimate of drug-likeness (QED) is 0.746. The maximum atomic E-state index is 4.24. The summed E-state index contributed by atoms with van der Waals surface area (Å²) in [4.78, 5) is 8.72. The molecule has 3 heteroatoms. The van der Waals surface area contributed by atoms with Gasteiger partial charge in [-0.3, -0.25) is 9.97 Å². The van der Waals surface area contributed by atoms with Gasteiger partial charge in [0.1, 0.15) is 0 Å². The molecule has 1 rings (SSSR count). The average Bonchev–Trinajstić information content (AvgIpc) is 2.04. The highest BCUT2D eigenvalue weighted by atomic mass is 79.9. The normalized spacial score (nSPS) is 14.2. The van der Waals surface area contributed by atoms with Gasteiger partial charge < -0.3 is 0 Å². The van der Waals surface area contributed by atoms with E-state index in [0.29, 0.717) is 4.83 Å². The summed E-state index contributed by atoms with van der Waals surface area (Å²) < 4.78 is 0. The molecule has 1 aromatic rings. The molecular weight excluding hydrogens is 228 g/mol. The lowest BCUT2D eigenvalue weighted by atomic mass is 9.90. The average molecular weight is 243 g/mol. The molecule has 0 fully saturated rings. The topological polar surface area (TPSA) is 25.8 Å². The van der Waals surface area contributed by atoms with Crippen molar-refractivity contribution in [3.63, 3.8) is 0 Å². The molecule has 1 heterocycles. The van der Waals surface area contributed by atoms with Gasteiger partial charge in [-0.05, 0) is 5.41 Å². The summed E-state index contributed by atoms with van der Waals surface area (Å²) >= 11 is 3.67. The molecule has 0 aliphatic heterocycles. The van der Waals surface area contributed by atoms with Crippen LogP contribution in [0, 0.1) is 5.41 Å². The van der Waals surface area contributed by atoms with Crippen molar-refractivity contribution in [3.05, 3.63) is 24.3 Å². The second kappa shape index (κ2) is 4.18. The van der Waals surface area contributed by atoms with E-state index in [0.717, 1.165) is 12.1 Å². The number of alkyl halides is 1. The van der Waals surface area contributed by atoms with E-state index in [9.17, 15) is 0 Å². The predicted molar refractivity (Wildman–Crippen MR) is 57.9 cm³/mol. The minimum atomic E-state index is 0.261. The van der Waals surface area contributed by atoms with Gasteiger partial charge in [0.2, 0.25) is 0 Å². The predicted octanol–water partition coefficient (Wildman–Crippen LogP) is 2.83. The molecule has 0 aliphatic carbocycles. The van der Waals surface area contributed by atoms with Crippen molar-refractivity contribution in [1.29, 1.82) is 0 Å². The molecule has 13 heavy (non-hydrogen) atoms. The lowest BCUT2D eigenvalue weighted by Crippen LogP contribution is -2.22. The summed E-state index contributed by atoms with van der Waals surface area (Å²) in [5, 5.41) is 0. The summed E-state index contributed by atoms with van der Waals surface area (Å²) in [5.41, 5.74) is 1.30. The van der Waals surface area contributed by atoms with E-state index in [4.69, 9.17) is 0 Å². The SMILES string of the molecule is CC(C)(C)C(Br)Cc1cnccn1. The van der Waals surface area contributed by atoms with Gasteiger partial charge in [0.25, 0.3) is 0 Å². The van der Waals surface area contributed by atoms with E-state index < -0.39 is 0 Å². The summed E-state index contributed by atoms with van der Waals surface area (Å²) in [6.07, 6.45) is 6.18. The number of nitrogens with zero attached hydrogens (tertiary/aromatic N) is 2. The fraction of sp³-hybridized carbons (Fsp3) is 0.600. The molecule has 0 spiro atoms. The number of hydrogen-bond acceptors (Lipinski definition) is 2. The van der Waals surface area contributed by atoms with Gasteiger partial charge in [-0.25, -0.2) is 0 Å². The van der Waals surface area contributed by atoms with Crippen LogP contribution < -0.4 is 0 Å². The summed E-state index contributed by atoms with van der Waals surface area (Å²) in [7, 11) is 0. The van der Waals surface area contributed by atoms with Crippen LogP contribution in [0.2, 0.25) is 0 Å². The van der Waals surface area contributed by atoms with Crippen molar-refractivity contribution < 1.29 is 0 Å². The molecule has 0 amide bonds. The van der Waals surface area contributed by atoms with Crippen LogP contribution in [0.5, 0.6) is 0 Å². The lowest BCUT2D eigenvalue weighted by Gasteiger charge is -2.24. The number of rotatable bonds is 2. The Morgan fingerprint density at radius 3 is 2.54 bits per heavy atom.